The highest BCUT2D eigenvalue weighted by Crippen LogP contribution is 2.28. The van der Waals surface area contributed by atoms with Gasteiger partial charge in [-0.05, 0) is 42.3 Å². The van der Waals surface area contributed by atoms with E-state index in [2.05, 4.69) is 4.98 Å². The van der Waals surface area contributed by atoms with Crippen molar-refractivity contribution in [1.29, 1.82) is 0 Å². The summed E-state index contributed by atoms with van der Waals surface area (Å²) in [5.41, 5.74) is 2.15. The van der Waals surface area contributed by atoms with Gasteiger partial charge >= 0.3 is 5.97 Å². The normalized spacial score (nSPS) is 10.4. The SMILES string of the molecule is Cc1cc(-c2ccc(Cl)cc2C(=O)O)cc(Cl)n1. The minimum Gasteiger partial charge on any atom is -0.478 e. The molecule has 0 radical (unpaired) electrons. The summed E-state index contributed by atoms with van der Waals surface area (Å²) in [4.78, 5) is 15.3. The average molecular weight is 282 g/mol. The number of carboxylic acids is 1. The van der Waals surface area contributed by atoms with E-state index >= 15 is 0 Å². The summed E-state index contributed by atoms with van der Waals surface area (Å²) in [6, 6.07) is 8.14. The Balaban J connectivity index is 2.66. The van der Waals surface area contributed by atoms with Crippen molar-refractivity contribution in [2.75, 3.05) is 0 Å². The zero-order chi connectivity index (χ0) is 13.3. The van der Waals surface area contributed by atoms with Crippen LogP contribution in [-0.2, 0) is 0 Å². The van der Waals surface area contributed by atoms with Crippen molar-refractivity contribution in [2.45, 2.75) is 6.92 Å². The standard InChI is InChI=1S/C13H9Cl2NO2/c1-7-4-8(5-12(15)16-7)10-3-2-9(14)6-11(10)13(17)18/h2-6H,1H3,(H,17,18). The lowest BCUT2D eigenvalue weighted by atomic mass is 10.00. The molecule has 0 atom stereocenters. The lowest BCUT2D eigenvalue weighted by Gasteiger charge is -2.08. The molecule has 1 heterocycles. The number of aromatic nitrogens is 1. The Morgan fingerprint density at radius 3 is 2.56 bits per heavy atom. The highest BCUT2D eigenvalue weighted by Gasteiger charge is 2.13. The van der Waals surface area contributed by atoms with E-state index in [9.17, 15) is 9.90 Å². The number of aromatic carboxylic acids is 1. The summed E-state index contributed by atoms with van der Waals surface area (Å²) in [7, 11) is 0. The summed E-state index contributed by atoms with van der Waals surface area (Å²) in [5.74, 6) is -1.03. The number of carboxylic acid groups (broad SMARTS) is 1. The van der Waals surface area contributed by atoms with Gasteiger partial charge in [0.15, 0.2) is 0 Å². The van der Waals surface area contributed by atoms with Gasteiger partial charge in [-0.25, -0.2) is 9.78 Å². The maximum atomic E-state index is 11.2. The Hall–Kier alpha value is -1.58. The predicted molar refractivity (Wildman–Crippen MR) is 71.4 cm³/mol. The lowest BCUT2D eigenvalue weighted by molar-refractivity contribution is 0.0697. The summed E-state index contributed by atoms with van der Waals surface area (Å²) in [5, 5.41) is 9.90. The molecule has 18 heavy (non-hydrogen) atoms. The van der Waals surface area contributed by atoms with Gasteiger partial charge < -0.3 is 5.11 Å². The largest absolute Gasteiger partial charge is 0.478 e. The minimum absolute atomic E-state index is 0.143. The molecule has 2 aromatic rings. The quantitative estimate of drug-likeness (QED) is 0.845. The molecule has 2 rings (SSSR count). The number of hydrogen-bond donors (Lipinski definition) is 1. The number of carbonyl (C=O) groups is 1. The fourth-order valence-corrected chi connectivity index (χ4v) is 2.15. The molecule has 1 N–H and O–H groups in total. The zero-order valence-corrected chi connectivity index (χ0v) is 11.0. The Morgan fingerprint density at radius 1 is 1.22 bits per heavy atom. The molecule has 5 heteroatoms. The van der Waals surface area contributed by atoms with Crippen molar-refractivity contribution in [2.24, 2.45) is 0 Å². The molecular formula is C13H9Cl2NO2. The topological polar surface area (TPSA) is 50.2 Å². The van der Waals surface area contributed by atoms with Crippen LogP contribution in [-0.4, -0.2) is 16.1 Å². The van der Waals surface area contributed by atoms with E-state index < -0.39 is 5.97 Å². The molecule has 0 saturated carbocycles. The van der Waals surface area contributed by atoms with Crippen molar-refractivity contribution in [3.63, 3.8) is 0 Å². The van der Waals surface area contributed by atoms with Crippen LogP contribution in [0.4, 0.5) is 0 Å². The van der Waals surface area contributed by atoms with E-state index in [1.54, 1.807) is 31.2 Å². The molecule has 0 aliphatic carbocycles. The number of halogens is 2. The third kappa shape index (κ3) is 2.63. The van der Waals surface area contributed by atoms with Crippen molar-refractivity contribution in [3.05, 3.63) is 51.8 Å². The van der Waals surface area contributed by atoms with E-state index in [4.69, 9.17) is 23.2 Å². The van der Waals surface area contributed by atoms with Crippen LogP contribution in [0.2, 0.25) is 10.2 Å². The van der Waals surface area contributed by atoms with Gasteiger partial charge in [0.05, 0.1) is 5.56 Å². The van der Waals surface area contributed by atoms with Crippen molar-refractivity contribution >= 4 is 29.2 Å². The fourth-order valence-electron chi connectivity index (χ4n) is 1.73. The van der Waals surface area contributed by atoms with Crippen LogP contribution in [0.25, 0.3) is 11.1 Å². The Labute approximate surface area is 114 Å². The summed E-state index contributed by atoms with van der Waals surface area (Å²) >= 11 is 11.7. The first-order chi connectivity index (χ1) is 8.47. The monoisotopic (exact) mass is 281 g/mol. The maximum Gasteiger partial charge on any atom is 0.336 e. The predicted octanol–water partition coefficient (Wildman–Crippen LogP) is 4.06. The highest BCUT2D eigenvalue weighted by atomic mass is 35.5. The molecule has 1 aromatic carbocycles. The maximum absolute atomic E-state index is 11.2. The molecule has 1 aromatic heterocycles. The molecule has 0 spiro atoms. The van der Waals surface area contributed by atoms with Crippen molar-refractivity contribution in [3.8, 4) is 11.1 Å². The van der Waals surface area contributed by atoms with Gasteiger partial charge in [-0.1, -0.05) is 29.3 Å². The summed E-state index contributed by atoms with van der Waals surface area (Å²) in [6.07, 6.45) is 0. The van der Waals surface area contributed by atoms with Crippen molar-refractivity contribution < 1.29 is 9.90 Å². The molecule has 92 valence electrons. The third-order valence-electron chi connectivity index (χ3n) is 2.45. The second-order valence-electron chi connectivity index (χ2n) is 3.81. The highest BCUT2D eigenvalue weighted by molar-refractivity contribution is 6.31. The Bertz CT molecular complexity index is 606. The van der Waals surface area contributed by atoms with Crippen LogP contribution < -0.4 is 0 Å². The van der Waals surface area contributed by atoms with Crippen LogP contribution in [0.3, 0.4) is 0 Å². The fraction of sp³-hybridized carbons (Fsp3) is 0.0769. The van der Waals surface area contributed by atoms with Gasteiger partial charge in [0, 0.05) is 10.7 Å². The third-order valence-corrected chi connectivity index (χ3v) is 2.87. The number of benzene rings is 1. The lowest BCUT2D eigenvalue weighted by Crippen LogP contribution is -2.00. The average Bonchev–Trinajstić information content (AvgIpc) is 2.27. The van der Waals surface area contributed by atoms with Gasteiger partial charge in [-0.15, -0.1) is 0 Å². The number of nitrogens with zero attached hydrogens (tertiary/aromatic N) is 1. The van der Waals surface area contributed by atoms with E-state index in [1.165, 1.54) is 6.07 Å². The number of aryl methyl sites for hydroxylation is 1. The summed E-state index contributed by atoms with van der Waals surface area (Å²) in [6.45, 7) is 1.80. The van der Waals surface area contributed by atoms with Gasteiger partial charge in [0.25, 0.3) is 0 Å². The van der Waals surface area contributed by atoms with Crippen LogP contribution in [0.1, 0.15) is 16.1 Å². The van der Waals surface area contributed by atoms with Gasteiger partial charge in [-0.2, -0.15) is 0 Å². The van der Waals surface area contributed by atoms with E-state index in [-0.39, 0.29) is 5.56 Å². The Morgan fingerprint density at radius 2 is 1.94 bits per heavy atom. The molecule has 0 bridgehead atoms. The zero-order valence-electron chi connectivity index (χ0n) is 9.45. The smallest absolute Gasteiger partial charge is 0.336 e. The molecule has 0 aliphatic rings. The second-order valence-corrected chi connectivity index (χ2v) is 4.64. The van der Waals surface area contributed by atoms with E-state index in [1.807, 2.05) is 0 Å². The first-order valence-electron chi connectivity index (χ1n) is 5.15. The van der Waals surface area contributed by atoms with Crippen LogP contribution >= 0.6 is 23.2 Å². The van der Waals surface area contributed by atoms with E-state index in [0.717, 1.165) is 5.69 Å². The molecule has 0 amide bonds. The molecule has 3 nitrogen and oxygen atoms in total. The second kappa shape index (κ2) is 4.96. The number of hydrogen-bond acceptors (Lipinski definition) is 2. The van der Waals surface area contributed by atoms with Crippen molar-refractivity contribution in [1.82, 2.24) is 4.98 Å². The molecular weight excluding hydrogens is 273 g/mol. The first kappa shape index (κ1) is 12.9. The Kier molecular flexibility index (Phi) is 3.55. The minimum atomic E-state index is -1.03. The molecule has 0 fully saturated rings. The van der Waals surface area contributed by atoms with Gasteiger partial charge in [0.2, 0.25) is 0 Å². The number of rotatable bonds is 2. The molecule has 0 saturated heterocycles. The van der Waals surface area contributed by atoms with Gasteiger partial charge in [0.1, 0.15) is 5.15 Å². The number of pyridine rings is 1. The van der Waals surface area contributed by atoms with Crippen LogP contribution in [0, 0.1) is 6.92 Å². The van der Waals surface area contributed by atoms with Crippen LogP contribution in [0.5, 0.6) is 0 Å². The van der Waals surface area contributed by atoms with Gasteiger partial charge in [-0.3, -0.25) is 0 Å². The summed E-state index contributed by atoms with van der Waals surface area (Å²) < 4.78 is 0. The first-order valence-corrected chi connectivity index (χ1v) is 5.90. The van der Waals surface area contributed by atoms with E-state index in [0.29, 0.717) is 21.3 Å². The molecule has 0 unspecified atom stereocenters. The molecule has 0 aliphatic heterocycles. The van der Waals surface area contributed by atoms with Crippen LogP contribution in [0.15, 0.2) is 30.3 Å².